The van der Waals surface area contributed by atoms with Gasteiger partial charge >= 0.3 is 0 Å². The second kappa shape index (κ2) is 8.17. The van der Waals surface area contributed by atoms with E-state index >= 15 is 0 Å². The highest BCUT2D eigenvalue weighted by Gasteiger charge is 2.25. The Bertz CT molecular complexity index is 708. The molecular formula is C21H26N2O2. The Kier molecular flexibility index (Phi) is 5.71. The maximum Gasteiger partial charge on any atom is 0.227 e. The van der Waals surface area contributed by atoms with Crippen LogP contribution in [-0.4, -0.2) is 13.0 Å². The average Bonchev–Trinajstić information content (AvgIpc) is 2.58. The molecule has 0 bridgehead atoms. The van der Waals surface area contributed by atoms with Gasteiger partial charge in [-0.1, -0.05) is 30.7 Å². The fourth-order valence-corrected chi connectivity index (χ4v) is 2.96. The molecule has 1 aliphatic rings. The van der Waals surface area contributed by atoms with Gasteiger partial charge in [0.05, 0.1) is 7.11 Å². The zero-order valence-electron chi connectivity index (χ0n) is 14.9. The highest BCUT2D eigenvalue weighted by Crippen LogP contribution is 2.27. The first kappa shape index (κ1) is 17.5. The molecule has 1 saturated carbocycles. The van der Waals surface area contributed by atoms with Crippen LogP contribution in [-0.2, 0) is 11.3 Å². The number of hydrogen-bond acceptors (Lipinski definition) is 3. The van der Waals surface area contributed by atoms with Crippen LogP contribution in [0.2, 0.25) is 0 Å². The van der Waals surface area contributed by atoms with Crippen molar-refractivity contribution >= 4 is 11.6 Å². The fraction of sp³-hybridized carbons (Fsp3) is 0.381. The molecule has 2 aromatic carbocycles. The number of methoxy groups -OCH3 is 1. The van der Waals surface area contributed by atoms with Gasteiger partial charge in [0.15, 0.2) is 0 Å². The SMILES string of the molecule is COc1ccc(C(C)NCc2cccc(NC(=O)C3CCC3)c2)cc1. The van der Waals surface area contributed by atoms with Crippen LogP contribution in [0.4, 0.5) is 5.69 Å². The summed E-state index contributed by atoms with van der Waals surface area (Å²) in [7, 11) is 1.67. The highest BCUT2D eigenvalue weighted by atomic mass is 16.5. The molecular weight excluding hydrogens is 312 g/mol. The minimum Gasteiger partial charge on any atom is -0.497 e. The smallest absolute Gasteiger partial charge is 0.227 e. The van der Waals surface area contributed by atoms with E-state index < -0.39 is 0 Å². The van der Waals surface area contributed by atoms with Crippen LogP contribution in [0.15, 0.2) is 48.5 Å². The van der Waals surface area contributed by atoms with Crippen molar-refractivity contribution in [1.29, 1.82) is 0 Å². The summed E-state index contributed by atoms with van der Waals surface area (Å²) in [5.41, 5.74) is 3.26. The number of nitrogens with one attached hydrogen (secondary N) is 2. The second-order valence-corrected chi connectivity index (χ2v) is 6.69. The number of carbonyl (C=O) groups is 1. The van der Waals surface area contributed by atoms with E-state index in [-0.39, 0.29) is 17.9 Å². The third-order valence-electron chi connectivity index (χ3n) is 4.90. The molecule has 3 rings (SSSR count). The second-order valence-electron chi connectivity index (χ2n) is 6.69. The number of hydrogen-bond donors (Lipinski definition) is 2. The predicted octanol–water partition coefficient (Wildman–Crippen LogP) is 4.28. The van der Waals surface area contributed by atoms with E-state index in [1.165, 1.54) is 12.0 Å². The summed E-state index contributed by atoms with van der Waals surface area (Å²) in [6.45, 7) is 2.89. The number of amides is 1. The van der Waals surface area contributed by atoms with E-state index in [9.17, 15) is 4.79 Å². The Labute approximate surface area is 149 Å². The summed E-state index contributed by atoms with van der Waals surface area (Å²) >= 11 is 0. The van der Waals surface area contributed by atoms with Crippen molar-refractivity contribution in [1.82, 2.24) is 5.32 Å². The van der Waals surface area contributed by atoms with Crippen LogP contribution in [0.1, 0.15) is 43.4 Å². The van der Waals surface area contributed by atoms with Crippen molar-refractivity contribution in [3.05, 3.63) is 59.7 Å². The predicted molar refractivity (Wildman–Crippen MR) is 101 cm³/mol. The summed E-state index contributed by atoms with van der Waals surface area (Å²) < 4.78 is 5.20. The molecule has 2 N–H and O–H groups in total. The minimum atomic E-state index is 0.156. The average molecular weight is 338 g/mol. The van der Waals surface area contributed by atoms with Gasteiger partial charge in [-0.05, 0) is 55.2 Å². The molecule has 0 spiro atoms. The fourth-order valence-electron chi connectivity index (χ4n) is 2.96. The van der Waals surface area contributed by atoms with E-state index in [1.807, 2.05) is 30.3 Å². The molecule has 1 unspecified atom stereocenters. The van der Waals surface area contributed by atoms with Crippen molar-refractivity contribution in [3.8, 4) is 5.75 Å². The number of ether oxygens (including phenoxy) is 1. The monoisotopic (exact) mass is 338 g/mol. The van der Waals surface area contributed by atoms with Crippen molar-refractivity contribution in [3.63, 3.8) is 0 Å². The third kappa shape index (κ3) is 4.60. The van der Waals surface area contributed by atoms with Crippen molar-refractivity contribution in [2.45, 2.75) is 38.8 Å². The minimum absolute atomic E-state index is 0.156. The van der Waals surface area contributed by atoms with Gasteiger partial charge in [-0.25, -0.2) is 0 Å². The van der Waals surface area contributed by atoms with Crippen molar-refractivity contribution < 1.29 is 9.53 Å². The maximum absolute atomic E-state index is 12.1. The van der Waals surface area contributed by atoms with E-state index in [4.69, 9.17) is 4.74 Å². The Morgan fingerprint density at radius 2 is 1.96 bits per heavy atom. The molecule has 1 aliphatic carbocycles. The molecule has 0 radical (unpaired) electrons. The molecule has 0 saturated heterocycles. The number of benzene rings is 2. The molecule has 1 amide bonds. The van der Waals surface area contributed by atoms with E-state index in [1.54, 1.807) is 7.11 Å². The summed E-state index contributed by atoms with van der Waals surface area (Å²) in [6.07, 6.45) is 3.21. The van der Waals surface area contributed by atoms with Crippen LogP contribution >= 0.6 is 0 Å². The number of carbonyl (C=O) groups excluding carboxylic acids is 1. The van der Waals surface area contributed by atoms with Gasteiger partial charge in [0.25, 0.3) is 0 Å². The molecule has 1 atom stereocenters. The third-order valence-corrected chi connectivity index (χ3v) is 4.90. The van der Waals surface area contributed by atoms with E-state index in [0.717, 1.165) is 36.4 Å². The summed E-state index contributed by atoms with van der Waals surface area (Å²) in [5, 5.41) is 6.56. The van der Waals surface area contributed by atoms with E-state index in [2.05, 4.69) is 35.8 Å². The molecule has 25 heavy (non-hydrogen) atoms. The first-order chi connectivity index (χ1) is 12.2. The highest BCUT2D eigenvalue weighted by molar-refractivity contribution is 5.93. The maximum atomic E-state index is 12.1. The van der Waals surface area contributed by atoms with Crippen LogP contribution in [0.3, 0.4) is 0 Å². The molecule has 4 heteroatoms. The normalized spacial score (nSPS) is 15.3. The number of anilines is 1. The van der Waals surface area contributed by atoms with Crippen LogP contribution in [0, 0.1) is 5.92 Å². The van der Waals surface area contributed by atoms with Gasteiger partial charge in [-0.3, -0.25) is 4.79 Å². The Hall–Kier alpha value is -2.33. The van der Waals surface area contributed by atoms with Gasteiger partial charge in [-0.2, -0.15) is 0 Å². The summed E-state index contributed by atoms with van der Waals surface area (Å²) in [5.74, 6) is 1.23. The lowest BCUT2D eigenvalue weighted by molar-refractivity contribution is -0.122. The van der Waals surface area contributed by atoms with Crippen molar-refractivity contribution in [2.24, 2.45) is 5.92 Å². The van der Waals surface area contributed by atoms with Gasteiger partial charge < -0.3 is 15.4 Å². The molecule has 0 aromatic heterocycles. The van der Waals surface area contributed by atoms with Gasteiger partial charge in [0, 0.05) is 24.2 Å². The van der Waals surface area contributed by atoms with Gasteiger partial charge in [0.1, 0.15) is 5.75 Å². The summed E-state index contributed by atoms with van der Waals surface area (Å²) in [4.78, 5) is 12.1. The van der Waals surface area contributed by atoms with Gasteiger partial charge in [-0.15, -0.1) is 0 Å². The Morgan fingerprint density at radius 1 is 1.20 bits per heavy atom. The molecule has 4 nitrogen and oxygen atoms in total. The van der Waals surface area contributed by atoms with Crippen LogP contribution < -0.4 is 15.4 Å². The molecule has 0 aliphatic heterocycles. The first-order valence-electron chi connectivity index (χ1n) is 8.93. The van der Waals surface area contributed by atoms with Crippen LogP contribution in [0.25, 0.3) is 0 Å². The summed E-state index contributed by atoms with van der Waals surface area (Å²) in [6, 6.07) is 16.4. The van der Waals surface area contributed by atoms with E-state index in [0.29, 0.717) is 0 Å². The van der Waals surface area contributed by atoms with Crippen molar-refractivity contribution in [2.75, 3.05) is 12.4 Å². The van der Waals surface area contributed by atoms with Gasteiger partial charge in [0.2, 0.25) is 5.91 Å². The first-order valence-corrected chi connectivity index (χ1v) is 8.93. The topological polar surface area (TPSA) is 50.4 Å². The Balaban J connectivity index is 1.55. The lowest BCUT2D eigenvalue weighted by Gasteiger charge is -2.24. The molecule has 1 fully saturated rings. The van der Waals surface area contributed by atoms with Crippen LogP contribution in [0.5, 0.6) is 5.75 Å². The zero-order valence-corrected chi connectivity index (χ0v) is 14.9. The largest absolute Gasteiger partial charge is 0.497 e. The lowest BCUT2D eigenvalue weighted by atomic mass is 9.85. The zero-order chi connectivity index (χ0) is 17.6. The molecule has 132 valence electrons. The standard InChI is InChI=1S/C21H26N2O2/c1-15(17-9-11-20(25-2)12-10-17)22-14-16-5-3-8-19(13-16)23-21(24)18-6-4-7-18/h3,5,8-13,15,18,22H,4,6-7,14H2,1-2H3,(H,23,24). The quantitative estimate of drug-likeness (QED) is 0.792. The lowest BCUT2D eigenvalue weighted by Crippen LogP contribution is -2.28. The molecule has 0 heterocycles. The number of rotatable bonds is 7. The molecule has 2 aromatic rings. The Morgan fingerprint density at radius 3 is 2.60 bits per heavy atom.